The van der Waals surface area contributed by atoms with Crippen molar-refractivity contribution in [1.82, 2.24) is 4.90 Å². The summed E-state index contributed by atoms with van der Waals surface area (Å²) in [5.74, 6) is -0.0138. The minimum absolute atomic E-state index is 0.0180. The number of carbonyl (C=O) groups excluding carboxylic acids is 2. The zero-order chi connectivity index (χ0) is 13.7. The fourth-order valence-corrected chi connectivity index (χ4v) is 2.68. The Balaban J connectivity index is 2.12. The number of esters is 1. The Morgan fingerprint density at radius 1 is 1.42 bits per heavy atom. The summed E-state index contributed by atoms with van der Waals surface area (Å²) >= 11 is 1.37. The van der Waals surface area contributed by atoms with Gasteiger partial charge >= 0.3 is 5.97 Å². The second-order valence-electron chi connectivity index (χ2n) is 3.99. The summed E-state index contributed by atoms with van der Waals surface area (Å²) in [6.45, 7) is 2.57. The maximum atomic E-state index is 11.8. The molecule has 2 rings (SSSR count). The van der Waals surface area contributed by atoms with Crippen LogP contribution in [0.2, 0.25) is 0 Å². The van der Waals surface area contributed by atoms with Gasteiger partial charge in [-0.2, -0.15) is 0 Å². The van der Waals surface area contributed by atoms with Crippen LogP contribution in [0.15, 0.2) is 41.4 Å². The van der Waals surface area contributed by atoms with Crippen LogP contribution in [0.1, 0.15) is 12.5 Å². The zero-order valence-electron chi connectivity index (χ0n) is 10.7. The molecule has 1 aromatic rings. The molecule has 1 aromatic carbocycles. The van der Waals surface area contributed by atoms with Crippen molar-refractivity contribution in [1.29, 1.82) is 0 Å². The van der Waals surface area contributed by atoms with Crippen molar-refractivity contribution < 1.29 is 14.3 Å². The van der Waals surface area contributed by atoms with E-state index < -0.39 is 5.97 Å². The standard InChI is InChI=1S/C14H15NO3S/c1-2-18-14(17)8-13-15(12(16)10-19-13)9-11-6-4-3-5-7-11/h3-8H,2,9-10H2,1H3. The highest BCUT2D eigenvalue weighted by Crippen LogP contribution is 2.30. The summed E-state index contributed by atoms with van der Waals surface area (Å²) in [5, 5.41) is 0.660. The first-order valence-corrected chi connectivity index (χ1v) is 7.05. The molecular weight excluding hydrogens is 262 g/mol. The fraction of sp³-hybridized carbons (Fsp3) is 0.286. The molecule has 0 aliphatic carbocycles. The largest absolute Gasteiger partial charge is 0.463 e. The van der Waals surface area contributed by atoms with Crippen molar-refractivity contribution in [2.45, 2.75) is 13.5 Å². The maximum absolute atomic E-state index is 11.8. The molecule has 1 aliphatic rings. The molecule has 5 heteroatoms. The predicted molar refractivity (Wildman–Crippen MR) is 74.2 cm³/mol. The zero-order valence-corrected chi connectivity index (χ0v) is 11.5. The van der Waals surface area contributed by atoms with Crippen LogP contribution < -0.4 is 0 Å². The predicted octanol–water partition coefficient (Wildman–Crippen LogP) is 2.17. The summed E-state index contributed by atoms with van der Waals surface area (Å²) in [6, 6.07) is 9.70. The van der Waals surface area contributed by atoms with Gasteiger partial charge in [0.15, 0.2) is 0 Å². The highest BCUT2D eigenvalue weighted by Gasteiger charge is 2.27. The Bertz CT molecular complexity index is 499. The Labute approximate surface area is 116 Å². The lowest BCUT2D eigenvalue weighted by molar-refractivity contribution is -0.137. The van der Waals surface area contributed by atoms with Crippen LogP contribution in [0.25, 0.3) is 0 Å². The van der Waals surface area contributed by atoms with Gasteiger partial charge in [0.25, 0.3) is 0 Å². The molecule has 0 bridgehead atoms. The first kappa shape index (κ1) is 13.7. The van der Waals surface area contributed by atoms with Gasteiger partial charge in [-0.1, -0.05) is 42.1 Å². The Hall–Kier alpha value is -1.75. The molecule has 1 fully saturated rings. The Morgan fingerprint density at radius 3 is 2.84 bits per heavy atom. The molecule has 0 N–H and O–H groups in total. The van der Waals surface area contributed by atoms with Crippen LogP contribution in [0.3, 0.4) is 0 Å². The van der Waals surface area contributed by atoms with Gasteiger partial charge in [0.05, 0.1) is 30.0 Å². The number of carbonyl (C=O) groups is 2. The number of ether oxygens (including phenoxy) is 1. The normalized spacial score (nSPS) is 17.0. The lowest BCUT2D eigenvalue weighted by atomic mass is 10.2. The molecule has 4 nitrogen and oxygen atoms in total. The van der Waals surface area contributed by atoms with Gasteiger partial charge in [0.1, 0.15) is 0 Å². The van der Waals surface area contributed by atoms with Crippen LogP contribution in [-0.4, -0.2) is 29.1 Å². The van der Waals surface area contributed by atoms with E-state index in [9.17, 15) is 9.59 Å². The average Bonchev–Trinajstić information content (AvgIpc) is 2.73. The molecule has 1 amide bonds. The monoisotopic (exact) mass is 277 g/mol. The fourth-order valence-electron chi connectivity index (χ4n) is 1.75. The summed E-state index contributed by atoms with van der Waals surface area (Å²) in [6.07, 6.45) is 1.39. The minimum atomic E-state index is -0.405. The number of nitrogens with zero attached hydrogens (tertiary/aromatic N) is 1. The molecule has 100 valence electrons. The minimum Gasteiger partial charge on any atom is -0.463 e. The molecule has 1 saturated heterocycles. The molecule has 0 aromatic heterocycles. The quantitative estimate of drug-likeness (QED) is 0.625. The number of hydrogen-bond donors (Lipinski definition) is 0. The van der Waals surface area contributed by atoms with Crippen LogP contribution in [0.5, 0.6) is 0 Å². The molecule has 0 radical (unpaired) electrons. The van der Waals surface area contributed by atoms with Crippen LogP contribution >= 0.6 is 11.8 Å². The molecule has 1 aliphatic heterocycles. The van der Waals surface area contributed by atoms with Crippen molar-refractivity contribution >= 4 is 23.6 Å². The maximum Gasteiger partial charge on any atom is 0.333 e. The molecule has 0 saturated carbocycles. The summed E-state index contributed by atoms with van der Waals surface area (Å²) in [7, 11) is 0. The van der Waals surface area contributed by atoms with E-state index >= 15 is 0 Å². The molecule has 19 heavy (non-hydrogen) atoms. The first-order valence-electron chi connectivity index (χ1n) is 6.06. The van der Waals surface area contributed by atoms with Crippen molar-refractivity contribution in [3.05, 3.63) is 47.0 Å². The van der Waals surface area contributed by atoms with Gasteiger partial charge in [0.2, 0.25) is 5.91 Å². The van der Waals surface area contributed by atoms with Crippen molar-refractivity contribution in [2.75, 3.05) is 12.4 Å². The smallest absolute Gasteiger partial charge is 0.333 e. The number of thioether (sulfide) groups is 1. The van der Waals surface area contributed by atoms with E-state index in [0.717, 1.165) is 5.56 Å². The highest BCUT2D eigenvalue weighted by atomic mass is 32.2. The van der Waals surface area contributed by atoms with E-state index in [-0.39, 0.29) is 5.91 Å². The number of rotatable bonds is 4. The molecule has 0 spiro atoms. The van der Waals surface area contributed by atoms with Crippen LogP contribution in [-0.2, 0) is 20.9 Å². The first-order chi connectivity index (χ1) is 9.20. The van der Waals surface area contributed by atoms with Gasteiger partial charge in [-0.3, -0.25) is 4.79 Å². The van der Waals surface area contributed by atoms with Gasteiger partial charge in [-0.05, 0) is 12.5 Å². The van der Waals surface area contributed by atoms with Gasteiger partial charge in [0, 0.05) is 0 Å². The number of benzene rings is 1. The topological polar surface area (TPSA) is 46.6 Å². The number of amides is 1. The van der Waals surface area contributed by atoms with E-state index in [2.05, 4.69) is 0 Å². The Morgan fingerprint density at radius 2 is 2.16 bits per heavy atom. The third kappa shape index (κ3) is 3.61. The lowest BCUT2D eigenvalue weighted by Crippen LogP contribution is -2.24. The summed E-state index contributed by atoms with van der Waals surface area (Å²) < 4.78 is 4.87. The van der Waals surface area contributed by atoms with E-state index in [0.29, 0.717) is 23.9 Å². The second-order valence-corrected chi connectivity index (χ2v) is 4.98. The van der Waals surface area contributed by atoms with Crippen molar-refractivity contribution in [2.24, 2.45) is 0 Å². The second kappa shape index (κ2) is 6.43. The number of hydrogen-bond acceptors (Lipinski definition) is 4. The van der Waals surface area contributed by atoms with Gasteiger partial charge < -0.3 is 9.64 Å². The summed E-state index contributed by atoms with van der Waals surface area (Å²) in [5.41, 5.74) is 1.04. The third-order valence-corrected chi connectivity index (χ3v) is 3.65. The van der Waals surface area contributed by atoms with E-state index in [1.165, 1.54) is 17.8 Å². The molecule has 0 unspecified atom stereocenters. The molecular formula is C14H15NO3S. The average molecular weight is 277 g/mol. The van der Waals surface area contributed by atoms with E-state index in [1.54, 1.807) is 11.8 Å². The van der Waals surface area contributed by atoms with Gasteiger partial charge in [-0.25, -0.2) is 4.79 Å². The highest BCUT2D eigenvalue weighted by molar-refractivity contribution is 8.04. The molecule has 1 heterocycles. The van der Waals surface area contributed by atoms with Crippen LogP contribution in [0, 0.1) is 0 Å². The lowest BCUT2D eigenvalue weighted by Gasteiger charge is -2.16. The van der Waals surface area contributed by atoms with Crippen LogP contribution in [0.4, 0.5) is 0 Å². The van der Waals surface area contributed by atoms with E-state index in [4.69, 9.17) is 4.74 Å². The van der Waals surface area contributed by atoms with Crippen molar-refractivity contribution in [3.8, 4) is 0 Å². The van der Waals surface area contributed by atoms with Crippen molar-refractivity contribution in [3.63, 3.8) is 0 Å². The third-order valence-electron chi connectivity index (χ3n) is 2.62. The Kier molecular flexibility index (Phi) is 4.63. The molecule has 0 atom stereocenters. The summed E-state index contributed by atoms with van der Waals surface area (Å²) in [4.78, 5) is 24.9. The van der Waals surface area contributed by atoms with E-state index in [1.807, 2.05) is 30.3 Å². The SMILES string of the molecule is CCOC(=O)C=C1SCC(=O)N1Cc1ccccc1. The van der Waals surface area contributed by atoms with Gasteiger partial charge in [-0.15, -0.1) is 0 Å².